The van der Waals surface area contributed by atoms with Gasteiger partial charge in [-0.2, -0.15) is 5.26 Å². The first kappa shape index (κ1) is 16.0. The zero-order chi connectivity index (χ0) is 17.1. The summed E-state index contributed by atoms with van der Waals surface area (Å²) in [5.41, 5.74) is 2.63. The normalized spacial score (nSPS) is 20.2. The van der Waals surface area contributed by atoms with Gasteiger partial charge in [0.05, 0.1) is 18.7 Å². The Morgan fingerprint density at radius 1 is 1.12 bits per heavy atom. The first-order valence-electron chi connectivity index (χ1n) is 8.04. The van der Waals surface area contributed by atoms with Crippen LogP contribution in [0.2, 0.25) is 0 Å². The number of fused-ring (bicyclic) bond motifs is 1. The fourth-order valence-corrected chi connectivity index (χ4v) is 2.92. The molecule has 0 radical (unpaired) electrons. The van der Waals surface area contributed by atoms with Crippen molar-refractivity contribution in [3.05, 3.63) is 65.8 Å². The minimum atomic E-state index is 0.177. The minimum Gasteiger partial charge on any atom is -0.495 e. The quantitative estimate of drug-likeness (QED) is 0.773. The molecule has 0 heterocycles. The van der Waals surface area contributed by atoms with Gasteiger partial charge < -0.3 is 4.74 Å². The molecule has 0 saturated carbocycles. The Kier molecular flexibility index (Phi) is 4.48. The lowest BCUT2D eigenvalue weighted by Gasteiger charge is -2.17. The van der Waals surface area contributed by atoms with Crippen molar-refractivity contribution >= 4 is 16.5 Å². The average molecular weight is 316 g/mol. The van der Waals surface area contributed by atoms with Crippen molar-refractivity contribution in [3.8, 4) is 11.8 Å². The van der Waals surface area contributed by atoms with Crippen molar-refractivity contribution in [3.63, 3.8) is 0 Å². The highest BCUT2D eigenvalue weighted by Gasteiger charge is 2.13. The molecule has 0 N–H and O–H groups in total. The molecule has 0 spiro atoms. The molecule has 3 heteroatoms. The van der Waals surface area contributed by atoms with E-state index in [1.54, 1.807) is 7.11 Å². The zero-order valence-corrected chi connectivity index (χ0v) is 14.2. The van der Waals surface area contributed by atoms with Crippen LogP contribution in [-0.4, -0.2) is 18.9 Å². The van der Waals surface area contributed by atoms with Crippen LogP contribution in [0.4, 0.5) is 0 Å². The molecule has 3 nitrogen and oxygen atoms in total. The van der Waals surface area contributed by atoms with Gasteiger partial charge >= 0.3 is 0 Å². The number of rotatable bonds is 3. The van der Waals surface area contributed by atoms with E-state index in [4.69, 9.17) is 9.73 Å². The molecule has 2 aromatic carbocycles. The molecular formula is C21H20N2O. The lowest BCUT2D eigenvalue weighted by molar-refractivity contribution is 0.414. The van der Waals surface area contributed by atoms with Crippen molar-refractivity contribution in [2.75, 3.05) is 7.11 Å². The molecule has 1 aliphatic rings. The van der Waals surface area contributed by atoms with E-state index < -0.39 is 0 Å². The lowest BCUT2D eigenvalue weighted by Crippen LogP contribution is -2.15. The molecule has 0 bridgehead atoms. The first-order valence-corrected chi connectivity index (χ1v) is 8.04. The maximum atomic E-state index is 9.27. The summed E-state index contributed by atoms with van der Waals surface area (Å²) in [6.45, 7) is 4.21. The average Bonchev–Trinajstić information content (AvgIpc) is 2.61. The van der Waals surface area contributed by atoms with E-state index in [2.05, 4.69) is 43.4 Å². The molecule has 0 saturated heterocycles. The van der Waals surface area contributed by atoms with Crippen LogP contribution in [0.1, 0.15) is 25.0 Å². The van der Waals surface area contributed by atoms with Gasteiger partial charge in [-0.1, -0.05) is 43.4 Å². The summed E-state index contributed by atoms with van der Waals surface area (Å²) in [5.74, 6) is 1.01. The van der Waals surface area contributed by atoms with Crippen LogP contribution >= 0.6 is 0 Å². The van der Waals surface area contributed by atoms with Gasteiger partial charge in [-0.05, 0) is 41.5 Å². The van der Waals surface area contributed by atoms with E-state index in [9.17, 15) is 5.26 Å². The molecule has 24 heavy (non-hydrogen) atoms. The second-order valence-corrected chi connectivity index (χ2v) is 6.06. The van der Waals surface area contributed by atoms with Crippen molar-refractivity contribution in [2.24, 2.45) is 10.9 Å². The number of ether oxygens (including phenoxy) is 1. The van der Waals surface area contributed by atoms with Crippen LogP contribution in [0.5, 0.6) is 5.75 Å². The molecule has 1 aliphatic carbocycles. The molecule has 3 rings (SSSR count). The van der Waals surface area contributed by atoms with E-state index in [0.717, 1.165) is 22.0 Å². The molecule has 0 aliphatic heterocycles. The third-order valence-electron chi connectivity index (χ3n) is 4.41. The van der Waals surface area contributed by atoms with Gasteiger partial charge in [-0.3, -0.25) is 4.99 Å². The summed E-state index contributed by atoms with van der Waals surface area (Å²) in [4.78, 5) is 4.86. The Bertz CT molecular complexity index is 900. The Balaban J connectivity index is 1.99. The molecule has 2 atom stereocenters. The number of aliphatic imine (C=N–C) groups is 1. The van der Waals surface area contributed by atoms with Gasteiger partial charge in [0.1, 0.15) is 11.8 Å². The number of hydrogen-bond donors (Lipinski definition) is 0. The van der Waals surface area contributed by atoms with Gasteiger partial charge in [0.25, 0.3) is 0 Å². The summed E-state index contributed by atoms with van der Waals surface area (Å²) in [6.07, 6.45) is 8.42. The van der Waals surface area contributed by atoms with Gasteiger partial charge in [0.2, 0.25) is 0 Å². The van der Waals surface area contributed by atoms with Crippen LogP contribution in [0.25, 0.3) is 10.8 Å². The summed E-state index contributed by atoms with van der Waals surface area (Å²) in [5, 5.41) is 11.3. The second-order valence-electron chi connectivity index (χ2n) is 6.06. The highest BCUT2D eigenvalue weighted by atomic mass is 16.5. The number of hydrogen-bond acceptors (Lipinski definition) is 3. The third kappa shape index (κ3) is 3.09. The highest BCUT2D eigenvalue weighted by Crippen LogP contribution is 2.26. The van der Waals surface area contributed by atoms with Gasteiger partial charge in [-0.15, -0.1) is 0 Å². The van der Waals surface area contributed by atoms with Gasteiger partial charge in [0, 0.05) is 11.6 Å². The molecule has 120 valence electrons. The SMILES string of the molecule is COc1cc2ccc(C(C)=NC3C=CC=CC3C)cc2cc1C#N. The molecule has 2 aromatic rings. The predicted molar refractivity (Wildman–Crippen MR) is 98.7 cm³/mol. The summed E-state index contributed by atoms with van der Waals surface area (Å²) in [6, 6.07) is 12.3. The maximum Gasteiger partial charge on any atom is 0.137 e. The van der Waals surface area contributed by atoms with Crippen LogP contribution in [0.15, 0.2) is 59.6 Å². The number of nitrogens with zero attached hydrogens (tertiary/aromatic N) is 2. The Hall–Kier alpha value is -2.86. The lowest BCUT2D eigenvalue weighted by atomic mass is 9.97. The van der Waals surface area contributed by atoms with Gasteiger partial charge in [-0.25, -0.2) is 0 Å². The van der Waals surface area contributed by atoms with Crippen molar-refractivity contribution in [1.29, 1.82) is 5.26 Å². The zero-order valence-electron chi connectivity index (χ0n) is 14.2. The molecule has 2 unspecified atom stereocenters. The van der Waals surface area contributed by atoms with Crippen LogP contribution < -0.4 is 4.74 Å². The van der Waals surface area contributed by atoms with E-state index >= 15 is 0 Å². The topological polar surface area (TPSA) is 45.4 Å². The standard InChI is InChI=1S/C21H20N2O/c1-14-6-4-5-7-20(14)23-15(2)16-8-9-17-12-21(24-3)19(13-22)11-18(17)10-16/h4-12,14,20H,1-3H3. The maximum absolute atomic E-state index is 9.27. The number of benzene rings is 2. The summed E-state index contributed by atoms with van der Waals surface area (Å²) in [7, 11) is 1.58. The van der Waals surface area contributed by atoms with E-state index in [1.807, 2.05) is 31.2 Å². The molecular weight excluding hydrogens is 296 g/mol. The molecule has 0 aromatic heterocycles. The fourth-order valence-electron chi connectivity index (χ4n) is 2.92. The minimum absolute atomic E-state index is 0.177. The first-order chi connectivity index (χ1) is 11.6. The van der Waals surface area contributed by atoms with Crippen LogP contribution in [0.3, 0.4) is 0 Å². The Morgan fingerprint density at radius 2 is 1.92 bits per heavy atom. The van der Waals surface area contributed by atoms with Crippen molar-refractivity contribution < 1.29 is 4.74 Å². The van der Waals surface area contributed by atoms with E-state index in [1.165, 1.54) is 0 Å². The van der Waals surface area contributed by atoms with Crippen molar-refractivity contribution in [1.82, 2.24) is 0 Å². The smallest absolute Gasteiger partial charge is 0.137 e. The number of allylic oxidation sites excluding steroid dienone is 2. The van der Waals surface area contributed by atoms with Crippen LogP contribution in [0, 0.1) is 17.2 Å². The summed E-state index contributed by atoms with van der Waals surface area (Å²) >= 11 is 0. The molecule has 0 fully saturated rings. The highest BCUT2D eigenvalue weighted by molar-refractivity contribution is 6.02. The summed E-state index contributed by atoms with van der Waals surface area (Å²) < 4.78 is 5.27. The Morgan fingerprint density at radius 3 is 2.62 bits per heavy atom. The van der Waals surface area contributed by atoms with Crippen LogP contribution in [-0.2, 0) is 0 Å². The number of methoxy groups -OCH3 is 1. The Labute approximate surface area is 142 Å². The number of nitriles is 1. The van der Waals surface area contributed by atoms with Crippen molar-refractivity contribution in [2.45, 2.75) is 19.9 Å². The van der Waals surface area contributed by atoms with E-state index in [-0.39, 0.29) is 6.04 Å². The van der Waals surface area contributed by atoms with Gasteiger partial charge in [0.15, 0.2) is 0 Å². The third-order valence-corrected chi connectivity index (χ3v) is 4.41. The second kappa shape index (κ2) is 6.72. The largest absolute Gasteiger partial charge is 0.495 e. The van der Waals surface area contributed by atoms with E-state index in [0.29, 0.717) is 17.2 Å². The fraction of sp³-hybridized carbons (Fsp3) is 0.238. The molecule has 0 amide bonds. The monoisotopic (exact) mass is 316 g/mol. The predicted octanol–water partition coefficient (Wildman–Crippen LogP) is 4.66.